The molecule has 0 atom stereocenters. The van der Waals surface area contributed by atoms with Gasteiger partial charge in [-0.2, -0.15) is 0 Å². The van der Waals surface area contributed by atoms with Crippen LogP contribution in [-0.2, 0) is 0 Å². The average molecular weight is 164 g/mol. The van der Waals surface area contributed by atoms with Gasteiger partial charge in [-0.25, -0.2) is 0 Å². The molecule has 1 aromatic rings. The van der Waals surface area contributed by atoms with Gasteiger partial charge in [-0.15, -0.1) is 0 Å². The van der Waals surface area contributed by atoms with Crippen LogP contribution in [0.1, 0.15) is 25.3 Å². The number of nitrogen functional groups attached to an aromatic ring is 1. The zero-order chi connectivity index (χ0) is 8.55. The van der Waals surface area contributed by atoms with E-state index in [1.54, 1.807) is 16.8 Å². The normalized spacial score (nSPS) is 17.3. The van der Waals surface area contributed by atoms with Crippen molar-refractivity contribution in [2.75, 3.05) is 5.73 Å². The van der Waals surface area contributed by atoms with E-state index >= 15 is 0 Å². The maximum Gasteiger partial charge on any atom is 0.252 e. The third kappa shape index (κ3) is 1.11. The van der Waals surface area contributed by atoms with Gasteiger partial charge in [0.05, 0.1) is 0 Å². The molecule has 1 aliphatic carbocycles. The number of anilines is 1. The first kappa shape index (κ1) is 7.40. The lowest BCUT2D eigenvalue weighted by Gasteiger charge is -2.27. The molecule has 0 bridgehead atoms. The van der Waals surface area contributed by atoms with Crippen LogP contribution in [0.3, 0.4) is 0 Å². The van der Waals surface area contributed by atoms with Gasteiger partial charge in [-0.3, -0.25) is 4.79 Å². The number of aromatic nitrogens is 1. The van der Waals surface area contributed by atoms with E-state index in [0.29, 0.717) is 11.7 Å². The Morgan fingerprint density at radius 3 is 2.75 bits per heavy atom. The third-order valence-electron chi connectivity index (χ3n) is 2.44. The van der Waals surface area contributed by atoms with Crippen LogP contribution in [0, 0.1) is 0 Å². The molecule has 0 spiro atoms. The van der Waals surface area contributed by atoms with E-state index in [1.807, 2.05) is 0 Å². The molecule has 64 valence electrons. The minimum absolute atomic E-state index is 0.0275. The minimum atomic E-state index is 0.0275. The quantitative estimate of drug-likeness (QED) is 0.677. The van der Waals surface area contributed by atoms with Gasteiger partial charge >= 0.3 is 0 Å². The number of nitrogens with two attached hydrogens (primary N) is 1. The lowest BCUT2D eigenvalue weighted by Crippen LogP contribution is -2.27. The topological polar surface area (TPSA) is 48.0 Å². The lowest BCUT2D eigenvalue weighted by atomic mass is 9.93. The Morgan fingerprint density at radius 2 is 2.25 bits per heavy atom. The second kappa shape index (κ2) is 2.66. The molecule has 1 saturated carbocycles. The highest BCUT2D eigenvalue weighted by Crippen LogP contribution is 2.29. The van der Waals surface area contributed by atoms with Crippen molar-refractivity contribution in [2.45, 2.75) is 25.3 Å². The van der Waals surface area contributed by atoms with Crippen molar-refractivity contribution in [2.24, 2.45) is 0 Å². The smallest absolute Gasteiger partial charge is 0.252 e. The molecule has 2 N–H and O–H groups in total. The van der Waals surface area contributed by atoms with Crippen molar-refractivity contribution in [3.8, 4) is 0 Å². The van der Waals surface area contributed by atoms with Crippen LogP contribution in [-0.4, -0.2) is 4.57 Å². The fraction of sp³-hybridized carbons (Fsp3) is 0.444. The second-order valence-electron chi connectivity index (χ2n) is 3.29. The molecule has 1 aromatic heterocycles. The van der Waals surface area contributed by atoms with Crippen molar-refractivity contribution >= 4 is 5.69 Å². The first-order valence-corrected chi connectivity index (χ1v) is 4.25. The van der Waals surface area contributed by atoms with Crippen molar-refractivity contribution in [3.05, 3.63) is 28.7 Å². The van der Waals surface area contributed by atoms with Crippen LogP contribution in [0.25, 0.3) is 0 Å². The summed E-state index contributed by atoms with van der Waals surface area (Å²) in [5.74, 6) is 0. The number of hydrogen-bond acceptors (Lipinski definition) is 2. The molecule has 0 unspecified atom stereocenters. The summed E-state index contributed by atoms with van der Waals surface area (Å²) < 4.78 is 1.78. The highest BCUT2D eigenvalue weighted by atomic mass is 16.1. The summed E-state index contributed by atoms with van der Waals surface area (Å²) >= 11 is 0. The first-order chi connectivity index (χ1) is 5.77. The minimum Gasteiger partial charge on any atom is -0.399 e. The summed E-state index contributed by atoms with van der Waals surface area (Å²) in [7, 11) is 0. The lowest BCUT2D eigenvalue weighted by molar-refractivity contribution is 0.306. The van der Waals surface area contributed by atoms with E-state index in [4.69, 9.17) is 5.73 Å². The summed E-state index contributed by atoms with van der Waals surface area (Å²) in [5.41, 5.74) is 6.05. The number of pyridine rings is 1. The van der Waals surface area contributed by atoms with Crippen LogP contribution in [0.15, 0.2) is 23.1 Å². The average Bonchev–Trinajstić information content (AvgIpc) is 1.91. The van der Waals surface area contributed by atoms with E-state index in [2.05, 4.69) is 0 Å². The van der Waals surface area contributed by atoms with Crippen molar-refractivity contribution in [1.29, 1.82) is 0 Å². The predicted molar refractivity (Wildman–Crippen MR) is 48.0 cm³/mol. The molecule has 1 fully saturated rings. The Hall–Kier alpha value is -1.25. The highest BCUT2D eigenvalue weighted by molar-refractivity contribution is 5.34. The Labute approximate surface area is 70.8 Å². The molecule has 0 aliphatic heterocycles. The van der Waals surface area contributed by atoms with E-state index in [-0.39, 0.29) is 5.56 Å². The first-order valence-electron chi connectivity index (χ1n) is 4.25. The summed E-state index contributed by atoms with van der Waals surface area (Å²) in [6.07, 6.45) is 5.29. The molecule has 1 aliphatic rings. The molecule has 0 radical (unpaired) electrons. The number of hydrogen-bond donors (Lipinski definition) is 1. The number of nitrogens with zero attached hydrogens (tertiary/aromatic N) is 1. The van der Waals surface area contributed by atoms with E-state index in [0.717, 1.165) is 12.8 Å². The van der Waals surface area contributed by atoms with Crippen LogP contribution in [0.4, 0.5) is 5.69 Å². The third-order valence-corrected chi connectivity index (χ3v) is 2.44. The monoisotopic (exact) mass is 164 g/mol. The molecular formula is C9H12N2O. The van der Waals surface area contributed by atoms with Crippen LogP contribution in [0.2, 0.25) is 0 Å². The molecule has 3 nitrogen and oxygen atoms in total. The second-order valence-corrected chi connectivity index (χ2v) is 3.29. The fourth-order valence-electron chi connectivity index (χ4n) is 1.47. The SMILES string of the molecule is Nc1ccn(C2CCC2)c(=O)c1. The Morgan fingerprint density at radius 1 is 1.50 bits per heavy atom. The van der Waals surface area contributed by atoms with Crippen molar-refractivity contribution < 1.29 is 0 Å². The summed E-state index contributed by atoms with van der Waals surface area (Å²) in [5, 5.41) is 0. The van der Waals surface area contributed by atoms with Crippen LogP contribution < -0.4 is 11.3 Å². The van der Waals surface area contributed by atoms with E-state index in [9.17, 15) is 4.79 Å². The number of rotatable bonds is 1. The maximum absolute atomic E-state index is 11.4. The Balaban J connectivity index is 2.37. The van der Waals surface area contributed by atoms with Gasteiger partial charge in [0.2, 0.25) is 0 Å². The molecule has 0 aromatic carbocycles. The van der Waals surface area contributed by atoms with Gasteiger partial charge in [-0.1, -0.05) is 0 Å². The molecule has 12 heavy (non-hydrogen) atoms. The summed E-state index contributed by atoms with van der Waals surface area (Å²) in [4.78, 5) is 11.4. The van der Waals surface area contributed by atoms with Gasteiger partial charge in [0.1, 0.15) is 0 Å². The van der Waals surface area contributed by atoms with Gasteiger partial charge in [0.15, 0.2) is 0 Å². The molecule has 1 heterocycles. The van der Waals surface area contributed by atoms with E-state index < -0.39 is 0 Å². The van der Waals surface area contributed by atoms with Gasteiger partial charge in [0.25, 0.3) is 5.56 Å². The zero-order valence-electron chi connectivity index (χ0n) is 6.86. The molecule has 0 saturated heterocycles. The standard InChI is InChI=1S/C9H12N2O/c10-7-4-5-11(9(12)6-7)8-2-1-3-8/h4-6,8H,1-3,10H2. The van der Waals surface area contributed by atoms with Gasteiger partial charge < -0.3 is 10.3 Å². The Kier molecular flexibility index (Phi) is 1.64. The predicted octanol–water partition coefficient (Wildman–Crippen LogP) is 1.16. The largest absolute Gasteiger partial charge is 0.399 e. The van der Waals surface area contributed by atoms with Gasteiger partial charge in [-0.05, 0) is 25.3 Å². The maximum atomic E-state index is 11.4. The molecule has 2 rings (SSSR count). The summed E-state index contributed by atoms with van der Waals surface area (Å²) in [6.45, 7) is 0. The van der Waals surface area contributed by atoms with Crippen LogP contribution >= 0.6 is 0 Å². The van der Waals surface area contributed by atoms with E-state index in [1.165, 1.54) is 12.5 Å². The summed E-state index contributed by atoms with van der Waals surface area (Å²) in [6, 6.07) is 3.69. The fourth-order valence-corrected chi connectivity index (χ4v) is 1.47. The molecule has 0 amide bonds. The Bertz CT molecular complexity index is 339. The highest BCUT2D eigenvalue weighted by Gasteiger charge is 2.19. The van der Waals surface area contributed by atoms with Crippen molar-refractivity contribution in [1.82, 2.24) is 4.57 Å². The molecular weight excluding hydrogens is 152 g/mol. The van der Waals surface area contributed by atoms with Crippen LogP contribution in [0.5, 0.6) is 0 Å². The van der Waals surface area contributed by atoms with Crippen molar-refractivity contribution in [3.63, 3.8) is 0 Å². The zero-order valence-corrected chi connectivity index (χ0v) is 6.86. The molecule has 3 heteroatoms. The van der Waals surface area contributed by atoms with Gasteiger partial charge in [0, 0.05) is 24.0 Å².